The number of methoxy groups -OCH3 is 1. The molecule has 30 heavy (non-hydrogen) atoms. The first kappa shape index (κ1) is 20.2. The maximum atomic E-state index is 13.3. The normalized spacial score (nSPS) is 16.1. The van der Waals surface area contributed by atoms with Crippen molar-refractivity contribution in [1.29, 1.82) is 0 Å². The van der Waals surface area contributed by atoms with Gasteiger partial charge >= 0.3 is 0 Å². The Labute approximate surface area is 177 Å². The Morgan fingerprint density at radius 1 is 1.13 bits per heavy atom. The van der Waals surface area contributed by atoms with Gasteiger partial charge in [-0.1, -0.05) is 12.1 Å². The molecule has 0 unspecified atom stereocenters. The van der Waals surface area contributed by atoms with Gasteiger partial charge in [-0.25, -0.2) is 9.97 Å². The summed E-state index contributed by atoms with van der Waals surface area (Å²) in [6, 6.07) is 9.57. The molecule has 4 rings (SSSR count). The van der Waals surface area contributed by atoms with Crippen molar-refractivity contribution < 1.29 is 9.53 Å². The van der Waals surface area contributed by atoms with Crippen LogP contribution in [-0.4, -0.2) is 39.4 Å². The Morgan fingerprint density at radius 2 is 1.93 bits per heavy atom. The van der Waals surface area contributed by atoms with Crippen LogP contribution in [0.4, 0.5) is 0 Å². The summed E-state index contributed by atoms with van der Waals surface area (Å²) in [5.41, 5.74) is 5.75. The third-order valence-corrected chi connectivity index (χ3v) is 5.59. The number of aryl methyl sites for hydroxylation is 2. The predicted octanol–water partition coefficient (Wildman–Crippen LogP) is 4.28. The molecule has 1 aliphatic heterocycles. The molecule has 3 heterocycles. The van der Waals surface area contributed by atoms with Crippen molar-refractivity contribution in [3.63, 3.8) is 0 Å². The van der Waals surface area contributed by atoms with Crippen molar-refractivity contribution in [2.45, 2.75) is 39.3 Å². The maximum absolute atomic E-state index is 13.3. The number of aromatic nitrogens is 3. The van der Waals surface area contributed by atoms with Crippen LogP contribution in [0, 0.1) is 13.8 Å². The smallest absolute Gasteiger partial charge is 0.254 e. The minimum atomic E-state index is -0.0691. The van der Waals surface area contributed by atoms with Gasteiger partial charge in [0.1, 0.15) is 5.82 Å². The third-order valence-electron chi connectivity index (χ3n) is 5.59. The SMILES string of the molecule is COCc1ccc(C(=O)N2CCC[C@@H]2c2nc(C)ncc2-c2ccncc2C)cc1. The summed E-state index contributed by atoms with van der Waals surface area (Å²) in [5.74, 6) is 0.749. The molecule has 154 valence electrons. The highest BCUT2D eigenvalue weighted by atomic mass is 16.5. The van der Waals surface area contributed by atoms with Crippen LogP contribution in [0.1, 0.15) is 51.9 Å². The lowest BCUT2D eigenvalue weighted by atomic mass is 9.97. The van der Waals surface area contributed by atoms with E-state index < -0.39 is 0 Å². The fraction of sp³-hybridized carbons (Fsp3) is 0.333. The summed E-state index contributed by atoms with van der Waals surface area (Å²) in [7, 11) is 1.67. The molecule has 0 spiro atoms. The molecule has 0 saturated carbocycles. The minimum absolute atomic E-state index is 0.0372. The van der Waals surface area contributed by atoms with Gasteiger partial charge in [0.2, 0.25) is 0 Å². The van der Waals surface area contributed by atoms with Crippen molar-refractivity contribution >= 4 is 5.91 Å². The zero-order chi connectivity index (χ0) is 21.1. The Balaban J connectivity index is 1.69. The second-order valence-corrected chi connectivity index (χ2v) is 7.69. The van der Waals surface area contributed by atoms with E-state index in [1.165, 1.54) is 0 Å². The summed E-state index contributed by atoms with van der Waals surface area (Å²) < 4.78 is 5.16. The van der Waals surface area contributed by atoms with Gasteiger partial charge in [0, 0.05) is 43.4 Å². The largest absolute Gasteiger partial charge is 0.380 e. The predicted molar refractivity (Wildman–Crippen MR) is 115 cm³/mol. The lowest BCUT2D eigenvalue weighted by molar-refractivity contribution is 0.0733. The first-order valence-corrected chi connectivity index (χ1v) is 10.2. The zero-order valence-electron chi connectivity index (χ0n) is 17.6. The molecular formula is C24H26N4O2. The van der Waals surface area contributed by atoms with Crippen LogP contribution < -0.4 is 0 Å². The fourth-order valence-electron chi connectivity index (χ4n) is 4.09. The van der Waals surface area contributed by atoms with Crippen LogP contribution in [0.25, 0.3) is 11.1 Å². The highest BCUT2D eigenvalue weighted by Crippen LogP contribution is 2.38. The molecule has 0 aliphatic carbocycles. The lowest BCUT2D eigenvalue weighted by Crippen LogP contribution is -2.31. The average Bonchev–Trinajstić information content (AvgIpc) is 3.24. The first-order chi connectivity index (χ1) is 14.6. The summed E-state index contributed by atoms with van der Waals surface area (Å²) in [4.78, 5) is 28.7. The second kappa shape index (κ2) is 8.71. The van der Waals surface area contributed by atoms with Gasteiger partial charge in [0.25, 0.3) is 5.91 Å². The molecule has 0 radical (unpaired) electrons. The van der Waals surface area contributed by atoms with E-state index in [0.717, 1.165) is 47.3 Å². The Bertz CT molecular complexity index is 1050. The molecule has 1 saturated heterocycles. The van der Waals surface area contributed by atoms with Gasteiger partial charge in [0.05, 0.1) is 18.3 Å². The number of nitrogens with zero attached hydrogens (tertiary/aromatic N) is 4. The van der Waals surface area contributed by atoms with Crippen molar-refractivity contribution in [2.24, 2.45) is 0 Å². The van der Waals surface area contributed by atoms with Crippen LogP contribution in [0.2, 0.25) is 0 Å². The number of ether oxygens (including phenoxy) is 1. The lowest BCUT2D eigenvalue weighted by Gasteiger charge is -2.26. The summed E-state index contributed by atoms with van der Waals surface area (Å²) in [5, 5.41) is 0. The molecule has 2 aromatic heterocycles. The minimum Gasteiger partial charge on any atom is -0.380 e. The van der Waals surface area contributed by atoms with E-state index in [2.05, 4.69) is 9.97 Å². The van der Waals surface area contributed by atoms with E-state index in [1.807, 2.05) is 61.5 Å². The number of amides is 1. The zero-order valence-corrected chi connectivity index (χ0v) is 17.6. The van der Waals surface area contributed by atoms with Gasteiger partial charge in [-0.2, -0.15) is 0 Å². The molecule has 1 aliphatic rings. The number of rotatable bonds is 5. The molecule has 1 atom stereocenters. The molecule has 6 heteroatoms. The number of benzene rings is 1. The Hall–Kier alpha value is -3.12. The summed E-state index contributed by atoms with van der Waals surface area (Å²) in [6.07, 6.45) is 7.35. The Morgan fingerprint density at radius 3 is 2.67 bits per heavy atom. The maximum Gasteiger partial charge on any atom is 0.254 e. The Kier molecular flexibility index (Phi) is 5.86. The van der Waals surface area contributed by atoms with Crippen LogP contribution in [0.5, 0.6) is 0 Å². The van der Waals surface area contributed by atoms with Crippen molar-refractivity contribution in [3.05, 3.63) is 77.1 Å². The van der Waals surface area contributed by atoms with E-state index in [0.29, 0.717) is 18.0 Å². The van der Waals surface area contributed by atoms with Crippen LogP contribution >= 0.6 is 0 Å². The molecule has 6 nitrogen and oxygen atoms in total. The van der Waals surface area contributed by atoms with E-state index in [4.69, 9.17) is 9.72 Å². The highest BCUT2D eigenvalue weighted by molar-refractivity contribution is 5.94. The van der Waals surface area contributed by atoms with Crippen molar-refractivity contribution in [2.75, 3.05) is 13.7 Å². The van der Waals surface area contributed by atoms with Crippen LogP contribution in [0.15, 0.2) is 48.9 Å². The molecule has 3 aromatic rings. The van der Waals surface area contributed by atoms with Crippen LogP contribution in [0.3, 0.4) is 0 Å². The molecule has 1 fully saturated rings. The monoisotopic (exact) mass is 402 g/mol. The van der Waals surface area contributed by atoms with Gasteiger partial charge in [-0.3, -0.25) is 9.78 Å². The number of hydrogen-bond acceptors (Lipinski definition) is 5. The topological polar surface area (TPSA) is 68.2 Å². The van der Waals surface area contributed by atoms with E-state index in [-0.39, 0.29) is 11.9 Å². The molecular weight excluding hydrogens is 376 g/mol. The molecule has 1 aromatic carbocycles. The van der Waals surface area contributed by atoms with E-state index in [9.17, 15) is 4.79 Å². The van der Waals surface area contributed by atoms with E-state index in [1.54, 1.807) is 13.3 Å². The number of carbonyl (C=O) groups is 1. The summed E-state index contributed by atoms with van der Waals surface area (Å²) in [6.45, 7) is 5.18. The molecule has 1 amide bonds. The van der Waals surface area contributed by atoms with Gasteiger partial charge in [0.15, 0.2) is 0 Å². The number of likely N-dealkylation sites (tertiary alicyclic amines) is 1. The second-order valence-electron chi connectivity index (χ2n) is 7.69. The highest BCUT2D eigenvalue weighted by Gasteiger charge is 2.33. The number of pyridine rings is 1. The first-order valence-electron chi connectivity index (χ1n) is 10.2. The van der Waals surface area contributed by atoms with Gasteiger partial charge in [-0.05, 0) is 61.6 Å². The number of hydrogen-bond donors (Lipinski definition) is 0. The molecule has 0 bridgehead atoms. The van der Waals surface area contributed by atoms with Crippen molar-refractivity contribution in [1.82, 2.24) is 19.9 Å². The van der Waals surface area contributed by atoms with E-state index >= 15 is 0 Å². The van der Waals surface area contributed by atoms with Gasteiger partial charge in [-0.15, -0.1) is 0 Å². The molecule has 0 N–H and O–H groups in total. The van der Waals surface area contributed by atoms with Gasteiger partial charge < -0.3 is 9.64 Å². The average molecular weight is 402 g/mol. The number of carbonyl (C=O) groups excluding carboxylic acids is 1. The fourth-order valence-corrected chi connectivity index (χ4v) is 4.09. The van der Waals surface area contributed by atoms with Crippen molar-refractivity contribution in [3.8, 4) is 11.1 Å². The standard InChI is InChI=1S/C24H26N4O2/c1-16-13-25-11-10-20(16)21-14-26-17(2)27-23(21)22-5-4-12-28(22)24(29)19-8-6-18(7-9-19)15-30-3/h6-11,13-14,22H,4-5,12,15H2,1-3H3/t22-/m1/s1. The quantitative estimate of drug-likeness (QED) is 0.637. The third kappa shape index (κ3) is 3.96. The van der Waals surface area contributed by atoms with Crippen LogP contribution in [-0.2, 0) is 11.3 Å². The summed E-state index contributed by atoms with van der Waals surface area (Å²) >= 11 is 0.